The van der Waals surface area contributed by atoms with E-state index < -0.39 is 6.10 Å². The minimum Gasteiger partial charge on any atom is -0.496 e. The van der Waals surface area contributed by atoms with Crippen LogP contribution in [0.3, 0.4) is 0 Å². The maximum atomic E-state index is 10.2. The standard InChI is InChI=1S/C21H26O4/c1-15-5-6-16(13-20(15)24-3)7-10-18(22)11-8-17-9-12-19(23-2)21(14-17)25-4/h5-6,8-9,11-14,18,22H,7,10H2,1-4H3/b11-8+. The normalized spacial score (nSPS) is 12.2. The maximum absolute atomic E-state index is 10.2. The van der Waals surface area contributed by atoms with Crippen molar-refractivity contribution in [1.29, 1.82) is 0 Å². The zero-order valence-corrected chi connectivity index (χ0v) is 15.3. The van der Waals surface area contributed by atoms with E-state index in [0.29, 0.717) is 17.9 Å². The Morgan fingerprint density at radius 1 is 0.920 bits per heavy atom. The van der Waals surface area contributed by atoms with Gasteiger partial charge in [-0.3, -0.25) is 0 Å². The summed E-state index contributed by atoms with van der Waals surface area (Å²) in [7, 11) is 4.89. The van der Waals surface area contributed by atoms with Gasteiger partial charge >= 0.3 is 0 Å². The molecule has 0 amide bonds. The van der Waals surface area contributed by atoms with Gasteiger partial charge in [0, 0.05) is 0 Å². The summed E-state index contributed by atoms with van der Waals surface area (Å²) in [6, 6.07) is 11.8. The van der Waals surface area contributed by atoms with Gasteiger partial charge in [-0.05, 0) is 54.7 Å². The topological polar surface area (TPSA) is 47.9 Å². The first kappa shape index (κ1) is 18.9. The molecule has 4 heteroatoms. The molecule has 2 aromatic rings. The van der Waals surface area contributed by atoms with E-state index >= 15 is 0 Å². The average molecular weight is 342 g/mol. The number of ether oxygens (including phenoxy) is 3. The molecule has 2 rings (SSSR count). The smallest absolute Gasteiger partial charge is 0.161 e. The summed E-state index contributed by atoms with van der Waals surface area (Å²) >= 11 is 0. The van der Waals surface area contributed by atoms with E-state index in [1.54, 1.807) is 27.4 Å². The molecule has 0 radical (unpaired) electrons. The molecule has 0 aliphatic carbocycles. The number of methoxy groups -OCH3 is 3. The number of aryl methyl sites for hydroxylation is 2. The fourth-order valence-electron chi connectivity index (χ4n) is 2.61. The SMILES string of the molecule is COc1cc(CCC(O)/C=C/c2ccc(OC)c(OC)c2)ccc1C. The Morgan fingerprint density at radius 2 is 1.64 bits per heavy atom. The molecule has 4 nitrogen and oxygen atoms in total. The van der Waals surface area contributed by atoms with Gasteiger partial charge in [0.05, 0.1) is 27.4 Å². The number of rotatable bonds is 8. The van der Waals surface area contributed by atoms with E-state index in [1.807, 2.05) is 43.3 Å². The Balaban J connectivity index is 1.95. The quantitative estimate of drug-likeness (QED) is 0.787. The highest BCUT2D eigenvalue weighted by Gasteiger charge is 2.05. The number of hydrogen-bond donors (Lipinski definition) is 1. The fourth-order valence-corrected chi connectivity index (χ4v) is 2.61. The summed E-state index contributed by atoms with van der Waals surface area (Å²) in [5.41, 5.74) is 3.22. The van der Waals surface area contributed by atoms with Gasteiger partial charge in [0.25, 0.3) is 0 Å². The van der Waals surface area contributed by atoms with E-state index in [0.717, 1.165) is 28.9 Å². The first-order valence-corrected chi connectivity index (χ1v) is 8.29. The lowest BCUT2D eigenvalue weighted by Crippen LogP contribution is -2.04. The molecule has 1 unspecified atom stereocenters. The van der Waals surface area contributed by atoms with Crippen molar-refractivity contribution in [3.8, 4) is 17.2 Å². The highest BCUT2D eigenvalue weighted by molar-refractivity contribution is 5.56. The van der Waals surface area contributed by atoms with Gasteiger partial charge in [-0.1, -0.05) is 30.4 Å². The predicted molar refractivity (Wildman–Crippen MR) is 101 cm³/mol. The molecule has 1 atom stereocenters. The molecule has 0 aliphatic heterocycles. The van der Waals surface area contributed by atoms with Crippen LogP contribution in [0.5, 0.6) is 17.2 Å². The van der Waals surface area contributed by atoms with Gasteiger partial charge < -0.3 is 19.3 Å². The number of aliphatic hydroxyl groups excluding tert-OH is 1. The number of benzene rings is 2. The zero-order valence-electron chi connectivity index (χ0n) is 15.3. The molecule has 0 aromatic heterocycles. The van der Waals surface area contributed by atoms with Crippen molar-refractivity contribution in [2.75, 3.05) is 21.3 Å². The van der Waals surface area contributed by atoms with Gasteiger partial charge in [-0.25, -0.2) is 0 Å². The van der Waals surface area contributed by atoms with Crippen molar-refractivity contribution in [2.24, 2.45) is 0 Å². The van der Waals surface area contributed by atoms with E-state index in [1.165, 1.54) is 0 Å². The Kier molecular flexibility index (Phi) is 6.90. The molecule has 0 saturated carbocycles. The molecule has 25 heavy (non-hydrogen) atoms. The minimum atomic E-state index is -0.514. The van der Waals surface area contributed by atoms with Gasteiger partial charge in [0.15, 0.2) is 11.5 Å². The molecule has 0 bridgehead atoms. The van der Waals surface area contributed by atoms with Crippen LogP contribution in [0.2, 0.25) is 0 Å². The van der Waals surface area contributed by atoms with Crippen LogP contribution in [0.4, 0.5) is 0 Å². The lowest BCUT2D eigenvalue weighted by Gasteiger charge is -2.10. The van der Waals surface area contributed by atoms with E-state index in [-0.39, 0.29) is 0 Å². The summed E-state index contributed by atoms with van der Waals surface area (Å²) in [6.07, 6.45) is 4.61. The third-order valence-electron chi connectivity index (χ3n) is 4.12. The largest absolute Gasteiger partial charge is 0.496 e. The highest BCUT2D eigenvalue weighted by Crippen LogP contribution is 2.28. The fraction of sp³-hybridized carbons (Fsp3) is 0.333. The van der Waals surface area contributed by atoms with Gasteiger partial charge in [-0.2, -0.15) is 0 Å². The molecular weight excluding hydrogens is 316 g/mol. The second-order valence-corrected chi connectivity index (χ2v) is 5.88. The van der Waals surface area contributed by atoms with Crippen molar-refractivity contribution in [1.82, 2.24) is 0 Å². The molecule has 0 saturated heterocycles. The van der Waals surface area contributed by atoms with Crippen LogP contribution >= 0.6 is 0 Å². The molecule has 2 aromatic carbocycles. The Labute approximate surface area is 149 Å². The predicted octanol–water partition coefficient (Wildman–Crippen LogP) is 4.03. The van der Waals surface area contributed by atoms with Crippen LogP contribution in [-0.4, -0.2) is 32.5 Å². The molecule has 0 spiro atoms. The molecule has 0 aliphatic rings. The van der Waals surface area contributed by atoms with Gasteiger partial charge in [-0.15, -0.1) is 0 Å². The summed E-state index contributed by atoms with van der Waals surface area (Å²) in [4.78, 5) is 0. The number of aliphatic hydroxyl groups is 1. The average Bonchev–Trinajstić information content (AvgIpc) is 2.65. The van der Waals surface area contributed by atoms with Crippen LogP contribution in [0.15, 0.2) is 42.5 Å². The molecule has 0 fully saturated rings. The zero-order chi connectivity index (χ0) is 18.2. The van der Waals surface area contributed by atoms with Crippen molar-refractivity contribution in [3.05, 3.63) is 59.2 Å². The van der Waals surface area contributed by atoms with E-state index in [9.17, 15) is 5.11 Å². The summed E-state index contributed by atoms with van der Waals surface area (Å²) in [5.74, 6) is 2.24. The Morgan fingerprint density at radius 3 is 2.32 bits per heavy atom. The monoisotopic (exact) mass is 342 g/mol. The first-order valence-electron chi connectivity index (χ1n) is 8.29. The third kappa shape index (κ3) is 5.26. The first-order chi connectivity index (χ1) is 12.1. The van der Waals surface area contributed by atoms with Crippen LogP contribution in [0.1, 0.15) is 23.1 Å². The van der Waals surface area contributed by atoms with Crippen molar-refractivity contribution in [3.63, 3.8) is 0 Å². The van der Waals surface area contributed by atoms with Crippen molar-refractivity contribution >= 4 is 6.08 Å². The lowest BCUT2D eigenvalue weighted by atomic mass is 10.0. The van der Waals surface area contributed by atoms with E-state index in [2.05, 4.69) is 6.07 Å². The highest BCUT2D eigenvalue weighted by atomic mass is 16.5. The summed E-state index contributed by atoms with van der Waals surface area (Å²) in [6.45, 7) is 2.02. The second-order valence-electron chi connectivity index (χ2n) is 5.88. The van der Waals surface area contributed by atoms with Crippen LogP contribution in [-0.2, 0) is 6.42 Å². The number of hydrogen-bond acceptors (Lipinski definition) is 4. The molecular formula is C21H26O4. The molecule has 0 heterocycles. The molecule has 134 valence electrons. The summed E-state index contributed by atoms with van der Waals surface area (Å²) < 4.78 is 15.9. The second kappa shape index (κ2) is 9.14. The summed E-state index contributed by atoms with van der Waals surface area (Å²) in [5, 5.41) is 10.2. The minimum absolute atomic E-state index is 0.514. The third-order valence-corrected chi connectivity index (χ3v) is 4.12. The van der Waals surface area contributed by atoms with Crippen molar-refractivity contribution < 1.29 is 19.3 Å². The van der Waals surface area contributed by atoms with Gasteiger partial charge in [0.1, 0.15) is 5.75 Å². The lowest BCUT2D eigenvalue weighted by molar-refractivity contribution is 0.214. The van der Waals surface area contributed by atoms with Crippen LogP contribution < -0.4 is 14.2 Å². The Hall–Kier alpha value is -2.46. The van der Waals surface area contributed by atoms with Crippen LogP contribution in [0.25, 0.3) is 6.08 Å². The van der Waals surface area contributed by atoms with Gasteiger partial charge in [0.2, 0.25) is 0 Å². The maximum Gasteiger partial charge on any atom is 0.161 e. The Bertz CT molecular complexity index is 722. The van der Waals surface area contributed by atoms with Crippen molar-refractivity contribution in [2.45, 2.75) is 25.9 Å². The van der Waals surface area contributed by atoms with E-state index in [4.69, 9.17) is 14.2 Å². The molecule has 1 N–H and O–H groups in total. The van der Waals surface area contributed by atoms with Crippen LogP contribution in [0, 0.1) is 6.92 Å².